The molecule has 5 nitrogen and oxygen atoms in total. The Morgan fingerprint density at radius 1 is 1.35 bits per heavy atom. The van der Waals surface area contributed by atoms with Gasteiger partial charge in [0, 0.05) is 59.3 Å². The molecule has 20 heavy (non-hydrogen) atoms. The summed E-state index contributed by atoms with van der Waals surface area (Å²) < 4.78 is 5.54. The van der Waals surface area contributed by atoms with Crippen LogP contribution in [0, 0.1) is 5.92 Å². The van der Waals surface area contributed by atoms with Crippen LogP contribution in [0.15, 0.2) is 0 Å². The zero-order valence-electron chi connectivity index (χ0n) is 12.9. The summed E-state index contributed by atoms with van der Waals surface area (Å²) in [6.45, 7) is 8.99. The zero-order chi connectivity index (χ0) is 14.4. The highest BCUT2D eigenvalue weighted by Crippen LogP contribution is 2.32. The number of rotatable bonds is 7. The molecule has 1 saturated heterocycles. The van der Waals surface area contributed by atoms with Crippen molar-refractivity contribution in [2.45, 2.75) is 32.3 Å². The number of hydrogen-bond donors (Lipinski definition) is 1. The fourth-order valence-corrected chi connectivity index (χ4v) is 2.97. The number of piperazine rings is 1. The Morgan fingerprint density at radius 3 is 2.70 bits per heavy atom. The van der Waals surface area contributed by atoms with Crippen LogP contribution in [-0.4, -0.2) is 74.7 Å². The quantitative estimate of drug-likeness (QED) is 0.741. The topological polar surface area (TPSA) is 44.8 Å². The molecule has 2 rings (SSSR count). The molecular weight excluding hydrogens is 254 g/mol. The van der Waals surface area contributed by atoms with Gasteiger partial charge in [0.25, 0.3) is 0 Å². The van der Waals surface area contributed by atoms with Crippen LogP contribution in [0.5, 0.6) is 0 Å². The molecule has 1 aliphatic carbocycles. The summed E-state index contributed by atoms with van der Waals surface area (Å²) >= 11 is 0. The van der Waals surface area contributed by atoms with Gasteiger partial charge < -0.3 is 15.0 Å². The summed E-state index contributed by atoms with van der Waals surface area (Å²) in [5.41, 5.74) is 0. The average molecular weight is 283 g/mol. The first-order valence-corrected chi connectivity index (χ1v) is 7.97. The lowest BCUT2D eigenvalue weighted by atomic mass is 9.80. The van der Waals surface area contributed by atoms with E-state index in [2.05, 4.69) is 10.2 Å². The first-order valence-electron chi connectivity index (χ1n) is 7.97. The van der Waals surface area contributed by atoms with Crippen molar-refractivity contribution >= 4 is 5.91 Å². The number of amides is 1. The van der Waals surface area contributed by atoms with Gasteiger partial charge in [-0.1, -0.05) is 0 Å². The Morgan fingerprint density at radius 2 is 2.05 bits per heavy atom. The van der Waals surface area contributed by atoms with Gasteiger partial charge >= 0.3 is 0 Å². The van der Waals surface area contributed by atoms with Crippen LogP contribution >= 0.6 is 0 Å². The molecule has 116 valence electrons. The highest BCUT2D eigenvalue weighted by atomic mass is 16.5. The summed E-state index contributed by atoms with van der Waals surface area (Å²) in [4.78, 5) is 16.5. The standard InChI is InChI=1S/C15H29N3O2/c1-3-20-14-10-13(11-14)12-15(19)17(2)8-9-18-6-4-16-5-7-18/h13-14,16H,3-12H2,1-2H3. The molecule has 0 radical (unpaired) electrons. The number of likely N-dealkylation sites (N-methyl/N-ethyl adjacent to an activating group) is 1. The summed E-state index contributed by atoms with van der Waals surface area (Å²) in [6.07, 6.45) is 3.22. The smallest absolute Gasteiger partial charge is 0.222 e. The molecule has 0 bridgehead atoms. The van der Waals surface area contributed by atoms with E-state index in [0.29, 0.717) is 24.3 Å². The van der Waals surface area contributed by atoms with E-state index in [0.717, 1.165) is 58.7 Å². The van der Waals surface area contributed by atoms with E-state index < -0.39 is 0 Å². The van der Waals surface area contributed by atoms with Gasteiger partial charge in [0.2, 0.25) is 5.91 Å². The first-order chi connectivity index (χ1) is 9.69. The average Bonchev–Trinajstić information content (AvgIpc) is 2.43. The molecule has 0 spiro atoms. The minimum atomic E-state index is 0.292. The maximum Gasteiger partial charge on any atom is 0.222 e. The van der Waals surface area contributed by atoms with E-state index in [1.807, 2.05) is 18.9 Å². The Labute approximate surface area is 122 Å². The van der Waals surface area contributed by atoms with Crippen LogP contribution in [0.2, 0.25) is 0 Å². The van der Waals surface area contributed by atoms with Crippen LogP contribution in [-0.2, 0) is 9.53 Å². The normalized spacial score (nSPS) is 27.1. The van der Waals surface area contributed by atoms with Crippen molar-refractivity contribution in [2.75, 3.05) is 52.9 Å². The van der Waals surface area contributed by atoms with E-state index in [1.54, 1.807) is 0 Å². The van der Waals surface area contributed by atoms with Gasteiger partial charge in [0.1, 0.15) is 0 Å². The van der Waals surface area contributed by atoms with Crippen molar-refractivity contribution in [3.63, 3.8) is 0 Å². The molecule has 0 aromatic carbocycles. The lowest BCUT2D eigenvalue weighted by Gasteiger charge is -2.35. The van der Waals surface area contributed by atoms with Crippen LogP contribution < -0.4 is 5.32 Å². The number of nitrogens with zero attached hydrogens (tertiary/aromatic N) is 2. The van der Waals surface area contributed by atoms with Crippen LogP contribution in [0.1, 0.15) is 26.2 Å². The second-order valence-electron chi connectivity index (χ2n) is 6.03. The molecular formula is C15H29N3O2. The summed E-state index contributed by atoms with van der Waals surface area (Å²) in [5.74, 6) is 0.834. The lowest BCUT2D eigenvalue weighted by Crippen LogP contribution is -2.46. The van der Waals surface area contributed by atoms with Crippen molar-refractivity contribution in [3.8, 4) is 0 Å². The molecule has 0 aromatic heterocycles. The number of hydrogen-bond acceptors (Lipinski definition) is 4. The van der Waals surface area contributed by atoms with Crippen LogP contribution in [0.25, 0.3) is 0 Å². The van der Waals surface area contributed by atoms with Gasteiger partial charge in [0.05, 0.1) is 6.10 Å². The highest BCUT2D eigenvalue weighted by molar-refractivity contribution is 5.76. The predicted molar refractivity (Wildman–Crippen MR) is 79.7 cm³/mol. The van der Waals surface area contributed by atoms with Crippen LogP contribution in [0.3, 0.4) is 0 Å². The Kier molecular flexibility index (Phi) is 6.26. The van der Waals surface area contributed by atoms with E-state index in [1.165, 1.54) is 0 Å². The van der Waals surface area contributed by atoms with Gasteiger partial charge in [-0.25, -0.2) is 0 Å². The first kappa shape index (κ1) is 15.7. The monoisotopic (exact) mass is 283 g/mol. The number of ether oxygens (including phenoxy) is 1. The van der Waals surface area contributed by atoms with Crippen molar-refractivity contribution < 1.29 is 9.53 Å². The van der Waals surface area contributed by atoms with E-state index >= 15 is 0 Å². The third-order valence-corrected chi connectivity index (χ3v) is 4.45. The highest BCUT2D eigenvalue weighted by Gasteiger charge is 2.31. The fraction of sp³-hybridized carbons (Fsp3) is 0.933. The molecule has 5 heteroatoms. The van der Waals surface area contributed by atoms with Gasteiger partial charge in [-0.2, -0.15) is 0 Å². The minimum Gasteiger partial charge on any atom is -0.378 e. The summed E-state index contributed by atoms with van der Waals surface area (Å²) in [6, 6.07) is 0. The summed E-state index contributed by atoms with van der Waals surface area (Å²) in [5, 5.41) is 3.35. The number of carbonyl (C=O) groups is 1. The maximum absolute atomic E-state index is 12.1. The van der Waals surface area contributed by atoms with Gasteiger partial charge in [-0.15, -0.1) is 0 Å². The van der Waals surface area contributed by atoms with E-state index in [9.17, 15) is 4.79 Å². The molecule has 0 aromatic rings. The van der Waals surface area contributed by atoms with Crippen molar-refractivity contribution in [3.05, 3.63) is 0 Å². The van der Waals surface area contributed by atoms with Gasteiger partial charge in [-0.3, -0.25) is 9.69 Å². The van der Waals surface area contributed by atoms with Gasteiger partial charge in [-0.05, 0) is 25.7 Å². The Balaban J connectivity index is 1.57. The zero-order valence-corrected chi connectivity index (χ0v) is 12.9. The Bertz CT molecular complexity index is 299. The van der Waals surface area contributed by atoms with Gasteiger partial charge in [0.15, 0.2) is 0 Å². The molecule has 2 aliphatic rings. The fourth-order valence-electron chi connectivity index (χ4n) is 2.97. The van der Waals surface area contributed by atoms with Crippen LogP contribution in [0.4, 0.5) is 0 Å². The largest absolute Gasteiger partial charge is 0.378 e. The Hall–Kier alpha value is -0.650. The second kappa shape index (κ2) is 7.96. The molecule has 0 atom stereocenters. The SMILES string of the molecule is CCOC1CC(CC(=O)N(C)CCN2CCNCC2)C1. The molecule has 0 unspecified atom stereocenters. The number of nitrogens with one attached hydrogen (secondary N) is 1. The molecule has 1 aliphatic heterocycles. The maximum atomic E-state index is 12.1. The van der Waals surface area contributed by atoms with Crippen molar-refractivity contribution in [1.82, 2.24) is 15.1 Å². The third-order valence-electron chi connectivity index (χ3n) is 4.45. The van der Waals surface area contributed by atoms with Crippen molar-refractivity contribution in [1.29, 1.82) is 0 Å². The number of carbonyl (C=O) groups excluding carboxylic acids is 1. The summed E-state index contributed by atoms with van der Waals surface area (Å²) in [7, 11) is 1.93. The van der Waals surface area contributed by atoms with E-state index in [4.69, 9.17) is 4.74 Å². The molecule has 2 fully saturated rings. The molecule has 1 saturated carbocycles. The lowest BCUT2D eigenvalue weighted by molar-refractivity contribution is -0.133. The predicted octanol–water partition coefficient (Wildman–Crippen LogP) is 0.555. The molecule has 1 amide bonds. The molecule has 1 heterocycles. The van der Waals surface area contributed by atoms with Crippen molar-refractivity contribution in [2.24, 2.45) is 5.92 Å². The minimum absolute atomic E-state index is 0.292. The van der Waals surface area contributed by atoms with E-state index in [-0.39, 0.29) is 0 Å². The second-order valence-corrected chi connectivity index (χ2v) is 6.03. The third kappa shape index (κ3) is 4.72. The molecule has 1 N–H and O–H groups in total.